The minimum Gasteiger partial charge on any atom is -0.493 e. The number of nitrogens with one attached hydrogen (secondary N) is 2. The van der Waals surface area contributed by atoms with E-state index in [4.69, 9.17) is 4.74 Å². The van der Waals surface area contributed by atoms with Crippen molar-refractivity contribution in [2.75, 3.05) is 31.6 Å². The second-order valence-electron chi connectivity index (χ2n) is 6.70. The van der Waals surface area contributed by atoms with Gasteiger partial charge in [0.05, 0.1) is 12.5 Å². The van der Waals surface area contributed by atoms with Crippen LogP contribution in [0.4, 0.5) is 10.5 Å². The van der Waals surface area contributed by atoms with Gasteiger partial charge in [-0.15, -0.1) is 0 Å². The molecule has 7 heteroatoms. The maximum atomic E-state index is 12.4. The van der Waals surface area contributed by atoms with Crippen molar-refractivity contribution in [3.8, 4) is 5.75 Å². The Morgan fingerprint density at radius 1 is 1.21 bits per heavy atom. The van der Waals surface area contributed by atoms with E-state index in [1.807, 2.05) is 49.4 Å². The molecular formula is C21H26N4O3. The quantitative estimate of drug-likeness (QED) is 0.771. The van der Waals surface area contributed by atoms with Crippen molar-refractivity contribution in [2.24, 2.45) is 5.92 Å². The van der Waals surface area contributed by atoms with Crippen molar-refractivity contribution in [2.45, 2.75) is 19.8 Å². The zero-order chi connectivity index (χ0) is 19.8. The van der Waals surface area contributed by atoms with E-state index in [-0.39, 0.29) is 17.9 Å². The lowest BCUT2D eigenvalue weighted by Crippen LogP contribution is -2.36. The summed E-state index contributed by atoms with van der Waals surface area (Å²) in [5.74, 6) is 0.636. The second-order valence-corrected chi connectivity index (χ2v) is 6.70. The van der Waals surface area contributed by atoms with Gasteiger partial charge in [0.2, 0.25) is 5.91 Å². The Morgan fingerprint density at radius 2 is 2.04 bits per heavy atom. The molecule has 2 aromatic rings. The van der Waals surface area contributed by atoms with E-state index >= 15 is 0 Å². The van der Waals surface area contributed by atoms with Gasteiger partial charge < -0.3 is 20.3 Å². The SMILES string of the molecule is CCNC(=O)C1CCN(C(=O)Nc2ccc(OCCc3ccccn3)cc2)C1. The fourth-order valence-electron chi connectivity index (χ4n) is 3.13. The number of nitrogens with zero attached hydrogens (tertiary/aromatic N) is 2. The van der Waals surface area contributed by atoms with Crippen molar-refractivity contribution < 1.29 is 14.3 Å². The molecule has 1 atom stereocenters. The second kappa shape index (κ2) is 9.73. The van der Waals surface area contributed by atoms with Crippen molar-refractivity contribution in [3.05, 3.63) is 54.4 Å². The number of hydrogen-bond acceptors (Lipinski definition) is 4. The largest absolute Gasteiger partial charge is 0.493 e. The summed E-state index contributed by atoms with van der Waals surface area (Å²) in [6, 6.07) is 12.9. The van der Waals surface area contributed by atoms with Crippen LogP contribution in [0.3, 0.4) is 0 Å². The van der Waals surface area contributed by atoms with Crippen LogP contribution in [0.15, 0.2) is 48.7 Å². The molecule has 1 fully saturated rings. The van der Waals surface area contributed by atoms with Crippen LogP contribution in [0.1, 0.15) is 19.0 Å². The maximum Gasteiger partial charge on any atom is 0.321 e. The maximum absolute atomic E-state index is 12.4. The number of benzene rings is 1. The van der Waals surface area contributed by atoms with Crippen molar-refractivity contribution in [1.82, 2.24) is 15.2 Å². The van der Waals surface area contributed by atoms with E-state index < -0.39 is 0 Å². The van der Waals surface area contributed by atoms with Crippen molar-refractivity contribution in [3.63, 3.8) is 0 Å². The summed E-state index contributed by atoms with van der Waals surface area (Å²) in [7, 11) is 0. The lowest BCUT2D eigenvalue weighted by Gasteiger charge is -2.17. The molecule has 3 amide bonds. The highest BCUT2D eigenvalue weighted by molar-refractivity contribution is 5.90. The number of pyridine rings is 1. The molecular weight excluding hydrogens is 356 g/mol. The summed E-state index contributed by atoms with van der Waals surface area (Å²) < 4.78 is 5.73. The molecule has 1 aromatic heterocycles. The lowest BCUT2D eigenvalue weighted by molar-refractivity contribution is -0.124. The molecule has 148 valence electrons. The van der Waals surface area contributed by atoms with Crippen LogP contribution in [0.5, 0.6) is 5.75 Å². The van der Waals surface area contributed by atoms with Crippen LogP contribution in [0.2, 0.25) is 0 Å². The van der Waals surface area contributed by atoms with E-state index in [1.54, 1.807) is 11.1 Å². The van der Waals surface area contributed by atoms with Gasteiger partial charge in [0.15, 0.2) is 0 Å². The predicted molar refractivity (Wildman–Crippen MR) is 107 cm³/mol. The molecule has 1 aliphatic heterocycles. The molecule has 0 radical (unpaired) electrons. The lowest BCUT2D eigenvalue weighted by atomic mass is 10.1. The first-order valence-corrected chi connectivity index (χ1v) is 9.62. The van der Waals surface area contributed by atoms with Crippen molar-refractivity contribution >= 4 is 17.6 Å². The van der Waals surface area contributed by atoms with Crippen molar-refractivity contribution in [1.29, 1.82) is 0 Å². The Morgan fingerprint density at radius 3 is 2.75 bits per heavy atom. The first kappa shape index (κ1) is 19.7. The Bertz CT molecular complexity index is 780. The van der Waals surface area contributed by atoms with Crippen LogP contribution in [-0.2, 0) is 11.2 Å². The highest BCUT2D eigenvalue weighted by Crippen LogP contribution is 2.20. The average molecular weight is 382 g/mol. The van der Waals surface area contributed by atoms with E-state index in [2.05, 4.69) is 15.6 Å². The molecule has 0 spiro atoms. The molecule has 1 unspecified atom stereocenters. The molecule has 0 bridgehead atoms. The summed E-state index contributed by atoms with van der Waals surface area (Å²) in [4.78, 5) is 30.2. The minimum absolute atomic E-state index is 0.0185. The molecule has 7 nitrogen and oxygen atoms in total. The number of carbonyl (C=O) groups excluding carboxylic acids is 2. The third kappa shape index (κ3) is 5.45. The molecule has 28 heavy (non-hydrogen) atoms. The third-order valence-corrected chi connectivity index (χ3v) is 4.66. The molecule has 3 rings (SSSR count). The van der Waals surface area contributed by atoms with Gasteiger partial charge in [-0.1, -0.05) is 6.07 Å². The summed E-state index contributed by atoms with van der Waals surface area (Å²) in [5.41, 5.74) is 1.69. The van der Waals surface area contributed by atoms with Crippen LogP contribution in [0.25, 0.3) is 0 Å². The molecule has 2 N–H and O–H groups in total. The fraction of sp³-hybridized carbons (Fsp3) is 0.381. The normalized spacial score (nSPS) is 15.9. The standard InChI is InChI=1S/C21H26N4O3/c1-2-22-20(26)16-10-13-25(15-16)21(27)24-18-6-8-19(9-7-18)28-14-11-17-5-3-4-12-23-17/h3-9,12,16H,2,10-11,13-15H2,1H3,(H,22,26)(H,24,27). The summed E-state index contributed by atoms with van der Waals surface area (Å²) in [5, 5.41) is 5.69. The van der Waals surface area contributed by atoms with Crippen LogP contribution >= 0.6 is 0 Å². The van der Waals surface area contributed by atoms with Gasteiger partial charge in [0.1, 0.15) is 5.75 Å². The molecule has 0 aliphatic carbocycles. The van der Waals surface area contributed by atoms with Gasteiger partial charge in [0.25, 0.3) is 0 Å². The average Bonchev–Trinajstić information content (AvgIpc) is 3.21. The number of hydrogen-bond donors (Lipinski definition) is 2. The monoisotopic (exact) mass is 382 g/mol. The van der Waals surface area contributed by atoms with Gasteiger partial charge in [-0.2, -0.15) is 0 Å². The predicted octanol–water partition coefficient (Wildman–Crippen LogP) is 2.69. The fourth-order valence-corrected chi connectivity index (χ4v) is 3.13. The van der Waals surface area contributed by atoms with E-state index in [0.717, 1.165) is 17.9 Å². The number of rotatable bonds is 7. The number of urea groups is 1. The highest BCUT2D eigenvalue weighted by atomic mass is 16.5. The molecule has 1 aromatic carbocycles. The Kier molecular flexibility index (Phi) is 6.84. The number of likely N-dealkylation sites (tertiary alicyclic amines) is 1. The van der Waals surface area contributed by atoms with Gasteiger partial charge in [-0.3, -0.25) is 9.78 Å². The van der Waals surface area contributed by atoms with Gasteiger partial charge in [0, 0.05) is 43.6 Å². The third-order valence-electron chi connectivity index (χ3n) is 4.66. The first-order valence-electron chi connectivity index (χ1n) is 9.62. The van der Waals surface area contributed by atoms with Gasteiger partial charge >= 0.3 is 6.03 Å². The number of aromatic nitrogens is 1. The topological polar surface area (TPSA) is 83.6 Å². The summed E-state index contributed by atoms with van der Waals surface area (Å²) in [6.07, 6.45) is 3.20. The minimum atomic E-state index is -0.185. The molecule has 1 aliphatic rings. The zero-order valence-corrected chi connectivity index (χ0v) is 16.1. The van der Waals surface area contributed by atoms with Gasteiger partial charge in [-0.25, -0.2) is 4.79 Å². The Balaban J connectivity index is 1.43. The van der Waals surface area contributed by atoms with E-state index in [1.165, 1.54) is 0 Å². The Hall–Kier alpha value is -3.09. The van der Waals surface area contributed by atoms with E-state index in [9.17, 15) is 9.59 Å². The molecule has 0 saturated carbocycles. The zero-order valence-electron chi connectivity index (χ0n) is 16.1. The molecule has 2 heterocycles. The first-order chi connectivity index (χ1) is 13.7. The van der Waals surface area contributed by atoms with Crippen LogP contribution in [0, 0.1) is 5.92 Å². The number of ether oxygens (including phenoxy) is 1. The molecule has 1 saturated heterocycles. The number of carbonyl (C=O) groups is 2. The van der Waals surface area contributed by atoms with Gasteiger partial charge in [-0.05, 0) is 49.7 Å². The summed E-state index contributed by atoms with van der Waals surface area (Å²) in [6.45, 7) is 4.08. The Labute approximate surface area is 165 Å². The van der Waals surface area contributed by atoms with E-state index in [0.29, 0.717) is 38.3 Å². The number of anilines is 1. The van der Waals surface area contributed by atoms with Crippen LogP contribution in [-0.4, -0.2) is 48.1 Å². The van der Waals surface area contributed by atoms with Crippen LogP contribution < -0.4 is 15.4 Å². The number of amides is 3. The highest BCUT2D eigenvalue weighted by Gasteiger charge is 2.30. The summed E-state index contributed by atoms with van der Waals surface area (Å²) >= 11 is 0. The smallest absolute Gasteiger partial charge is 0.321 e.